The van der Waals surface area contributed by atoms with E-state index < -0.39 is 0 Å². The van der Waals surface area contributed by atoms with Crippen molar-refractivity contribution in [1.82, 2.24) is 4.57 Å². The monoisotopic (exact) mass is 215 g/mol. The predicted octanol–water partition coefficient (Wildman–Crippen LogP) is 3.21. The second-order valence-electron chi connectivity index (χ2n) is 3.56. The molecule has 0 N–H and O–H groups in total. The minimum Gasteiger partial charge on any atom is -0.343 e. The van der Waals surface area contributed by atoms with Crippen LogP contribution in [0.5, 0.6) is 0 Å². The third-order valence-corrected chi connectivity index (χ3v) is 3.80. The van der Waals surface area contributed by atoms with Crippen LogP contribution >= 0.6 is 11.3 Å². The molecule has 0 fully saturated rings. The van der Waals surface area contributed by atoms with Gasteiger partial charge in [0.1, 0.15) is 0 Å². The van der Waals surface area contributed by atoms with Gasteiger partial charge in [-0.25, -0.2) is 0 Å². The molecule has 0 aliphatic rings. The molecule has 74 valence electrons. The maximum atomic E-state index is 10.7. The third-order valence-electron chi connectivity index (χ3n) is 2.72. The first-order valence-corrected chi connectivity index (χ1v) is 5.55. The molecule has 0 amide bonds. The Bertz CT molecular complexity index is 663. The zero-order chi connectivity index (χ0) is 10.4. The SMILES string of the molecule is Cn1c2ccccc2c2sc(C=O)cc21. The molecule has 2 aromatic heterocycles. The average Bonchev–Trinajstić information content (AvgIpc) is 2.80. The van der Waals surface area contributed by atoms with Crippen molar-refractivity contribution in [2.45, 2.75) is 0 Å². The number of benzene rings is 1. The van der Waals surface area contributed by atoms with Gasteiger partial charge in [0.05, 0.1) is 15.1 Å². The first kappa shape index (κ1) is 8.68. The van der Waals surface area contributed by atoms with Gasteiger partial charge in [0.2, 0.25) is 0 Å². The second-order valence-corrected chi connectivity index (χ2v) is 4.64. The van der Waals surface area contributed by atoms with Crippen LogP contribution < -0.4 is 0 Å². The van der Waals surface area contributed by atoms with Gasteiger partial charge in [-0.2, -0.15) is 0 Å². The Morgan fingerprint density at radius 2 is 2.07 bits per heavy atom. The lowest BCUT2D eigenvalue weighted by Gasteiger charge is -1.95. The molecule has 0 aliphatic heterocycles. The number of aromatic nitrogens is 1. The minimum atomic E-state index is 0.793. The third kappa shape index (κ3) is 1.07. The number of hydrogen-bond acceptors (Lipinski definition) is 2. The summed E-state index contributed by atoms with van der Waals surface area (Å²) in [7, 11) is 2.03. The van der Waals surface area contributed by atoms with Crippen LogP contribution in [0.4, 0.5) is 0 Å². The van der Waals surface area contributed by atoms with Crippen molar-refractivity contribution in [2.75, 3.05) is 0 Å². The lowest BCUT2D eigenvalue weighted by Crippen LogP contribution is -1.84. The molecule has 2 nitrogen and oxygen atoms in total. The fourth-order valence-corrected chi connectivity index (χ4v) is 3.03. The average molecular weight is 215 g/mol. The maximum absolute atomic E-state index is 10.7. The van der Waals surface area contributed by atoms with Crippen molar-refractivity contribution in [2.24, 2.45) is 7.05 Å². The first-order valence-electron chi connectivity index (χ1n) is 4.73. The van der Waals surface area contributed by atoms with Crippen molar-refractivity contribution in [3.63, 3.8) is 0 Å². The summed E-state index contributed by atoms with van der Waals surface area (Å²) in [5.74, 6) is 0. The zero-order valence-corrected chi connectivity index (χ0v) is 9.04. The highest BCUT2D eigenvalue weighted by atomic mass is 32.1. The van der Waals surface area contributed by atoms with Gasteiger partial charge in [-0.3, -0.25) is 4.79 Å². The molecule has 15 heavy (non-hydrogen) atoms. The number of nitrogens with zero attached hydrogens (tertiary/aromatic N) is 1. The highest BCUT2D eigenvalue weighted by molar-refractivity contribution is 7.21. The summed E-state index contributed by atoms with van der Waals surface area (Å²) in [6, 6.07) is 10.2. The number of fused-ring (bicyclic) bond motifs is 3. The summed E-state index contributed by atoms with van der Waals surface area (Å²) in [6.07, 6.45) is 0.916. The number of carbonyl (C=O) groups excluding carboxylic acids is 1. The van der Waals surface area contributed by atoms with Crippen LogP contribution in [-0.2, 0) is 7.05 Å². The molecule has 3 rings (SSSR count). The molecule has 1 aromatic carbocycles. The van der Waals surface area contributed by atoms with Gasteiger partial charge < -0.3 is 4.57 Å². The highest BCUT2D eigenvalue weighted by Crippen LogP contribution is 2.33. The summed E-state index contributed by atoms with van der Waals surface area (Å²) in [4.78, 5) is 11.5. The molecule has 0 bridgehead atoms. The van der Waals surface area contributed by atoms with E-state index in [9.17, 15) is 4.79 Å². The van der Waals surface area contributed by atoms with Crippen LogP contribution in [-0.4, -0.2) is 10.9 Å². The molecule has 2 heterocycles. The summed E-state index contributed by atoms with van der Waals surface area (Å²) < 4.78 is 3.34. The number of aryl methyl sites for hydroxylation is 1. The first-order chi connectivity index (χ1) is 7.31. The largest absolute Gasteiger partial charge is 0.343 e. The number of rotatable bonds is 1. The van der Waals surface area contributed by atoms with Crippen molar-refractivity contribution in [3.05, 3.63) is 35.2 Å². The van der Waals surface area contributed by atoms with E-state index >= 15 is 0 Å². The van der Waals surface area contributed by atoms with E-state index in [0.717, 1.165) is 16.7 Å². The normalized spacial score (nSPS) is 11.3. The van der Waals surface area contributed by atoms with E-state index in [1.54, 1.807) is 11.3 Å². The van der Waals surface area contributed by atoms with Gasteiger partial charge in [-0.15, -0.1) is 11.3 Å². The molecule has 0 radical (unpaired) electrons. The van der Waals surface area contributed by atoms with E-state index in [1.807, 2.05) is 25.2 Å². The molecule has 0 spiro atoms. The number of carbonyl (C=O) groups is 1. The van der Waals surface area contributed by atoms with Crippen LogP contribution in [0.1, 0.15) is 9.67 Å². The molecule has 0 unspecified atom stereocenters. The molecule has 0 aliphatic carbocycles. The number of para-hydroxylation sites is 1. The number of hydrogen-bond donors (Lipinski definition) is 0. The molecular formula is C12H9NOS. The van der Waals surface area contributed by atoms with Crippen LogP contribution in [0.25, 0.3) is 21.1 Å². The van der Waals surface area contributed by atoms with E-state index in [0.29, 0.717) is 0 Å². The van der Waals surface area contributed by atoms with Crippen LogP contribution in [0.2, 0.25) is 0 Å². The second kappa shape index (κ2) is 2.94. The Kier molecular flexibility index (Phi) is 1.70. The molecular weight excluding hydrogens is 206 g/mol. The van der Waals surface area contributed by atoms with Gasteiger partial charge in [-0.1, -0.05) is 18.2 Å². The smallest absolute Gasteiger partial charge is 0.160 e. The number of aldehydes is 1. The van der Waals surface area contributed by atoms with Crippen molar-refractivity contribution >= 4 is 38.7 Å². The zero-order valence-electron chi connectivity index (χ0n) is 8.23. The molecule has 0 atom stereocenters. The molecule has 0 saturated carbocycles. The molecule has 0 saturated heterocycles. The topological polar surface area (TPSA) is 22.0 Å². The fourth-order valence-electron chi connectivity index (χ4n) is 1.99. The summed E-state index contributed by atoms with van der Waals surface area (Å²) in [6.45, 7) is 0. The minimum absolute atomic E-state index is 0.793. The lowest BCUT2D eigenvalue weighted by atomic mass is 10.2. The van der Waals surface area contributed by atoms with Gasteiger partial charge in [0.25, 0.3) is 0 Å². The van der Waals surface area contributed by atoms with E-state index in [1.165, 1.54) is 15.6 Å². The van der Waals surface area contributed by atoms with E-state index in [2.05, 4.69) is 16.7 Å². The van der Waals surface area contributed by atoms with Crippen molar-refractivity contribution in [1.29, 1.82) is 0 Å². The molecule has 3 heteroatoms. The summed E-state index contributed by atoms with van der Waals surface area (Å²) in [5.41, 5.74) is 2.36. The molecule has 3 aromatic rings. The Labute approximate surface area is 90.7 Å². The van der Waals surface area contributed by atoms with Crippen LogP contribution in [0.3, 0.4) is 0 Å². The van der Waals surface area contributed by atoms with Crippen molar-refractivity contribution < 1.29 is 4.79 Å². The Morgan fingerprint density at radius 3 is 2.87 bits per heavy atom. The van der Waals surface area contributed by atoms with Gasteiger partial charge in [0, 0.05) is 18.0 Å². The van der Waals surface area contributed by atoms with E-state index in [4.69, 9.17) is 0 Å². The van der Waals surface area contributed by atoms with Crippen LogP contribution in [0.15, 0.2) is 30.3 Å². The van der Waals surface area contributed by atoms with Crippen molar-refractivity contribution in [3.8, 4) is 0 Å². The van der Waals surface area contributed by atoms with Gasteiger partial charge >= 0.3 is 0 Å². The summed E-state index contributed by atoms with van der Waals surface area (Å²) >= 11 is 1.56. The van der Waals surface area contributed by atoms with Gasteiger partial charge in [-0.05, 0) is 12.1 Å². The number of thiophene rings is 1. The Morgan fingerprint density at radius 1 is 1.27 bits per heavy atom. The lowest BCUT2D eigenvalue weighted by molar-refractivity contribution is 0.112. The Hall–Kier alpha value is -1.61. The standard InChI is InChI=1S/C12H9NOS/c1-13-10-5-3-2-4-9(10)12-11(13)6-8(7-14)15-12/h2-7H,1H3. The predicted molar refractivity (Wildman–Crippen MR) is 63.7 cm³/mol. The Balaban J connectivity index is 2.57. The maximum Gasteiger partial charge on any atom is 0.160 e. The quantitative estimate of drug-likeness (QED) is 0.571. The fraction of sp³-hybridized carbons (Fsp3) is 0.0833. The highest BCUT2D eigenvalue weighted by Gasteiger charge is 2.10. The van der Waals surface area contributed by atoms with Gasteiger partial charge in [0.15, 0.2) is 6.29 Å². The van der Waals surface area contributed by atoms with Crippen LogP contribution in [0, 0.1) is 0 Å². The summed E-state index contributed by atoms with van der Waals surface area (Å²) in [5, 5.41) is 1.23. The van der Waals surface area contributed by atoms with E-state index in [-0.39, 0.29) is 0 Å².